The van der Waals surface area contributed by atoms with Crippen molar-refractivity contribution in [2.24, 2.45) is 0 Å². The SMILES string of the molecule is c1c2sssssc2cc2sssc12. The van der Waals surface area contributed by atoms with Crippen molar-refractivity contribution in [3.05, 3.63) is 12.1 Å². The fourth-order valence-electron chi connectivity index (χ4n) is 0.986. The Morgan fingerprint density at radius 1 is 0.500 bits per heavy atom. The fraction of sp³-hybridized carbons (Fsp3) is 0. The predicted molar refractivity (Wildman–Crippen MR) is 79.7 cm³/mol. The summed E-state index contributed by atoms with van der Waals surface area (Å²) >= 11 is 0. The zero-order chi connectivity index (χ0) is 9.38. The summed E-state index contributed by atoms with van der Waals surface area (Å²) < 4.78 is 5.72. The van der Waals surface area contributed by atoms with Gasteiger partial charge in [0.05, 0.1) is 18.8 Å². The maximum Gasteiger partial charge on any atom is 0.0581 e. The van der Waals surface area contributed by atoms with Gasteiger partial charge in [-0.15, -0.1) is 0 Å². The highest BCUT2D eigenvalue weighted by Crippen LogP contribution is 2.38. The second-order valence-electron chi connectivity index (χ2n) is 2.35. The van der Waals surface area contributed by atoms with Crippen LogP contribution >= 0.6 is 78.7 Å². The quantitative estimate of drug-likeness (QED) is 0.401. The molecule has 0 N–H and O–H groups in total. The molecule has 0 atom stereocenters. The maximum absolute atomic E-state index is 2.33. The van der Waals surface area contributed by atoms with Crippen LogP contribution in [0.25, 0.3) is 18.8 Å². The molecule has 0 saturated carbocycles. The summed E-state index contributed by atoms with van der Waals surface area (Å²) in [5.74, 6) is 0. The van der Waals surface area contributed by atoms with Crippen molar-refractivity contribution in [2.45, 2.75) is 0 Å². The molecular formula is C6H2S8. The summed E-state index contributed by atoms with van der Waals surface area (Å²) in [6.45, 7) is 0. The van der Waals surface area contributed by atoms with E-state index in [-0.39, 0.29) is 0 Å². The number of benzene rings is 1. The first-order valence-corrected chi connectivity index (χ1v) is 13.1. The summed E-state index contributed by atoms with van der Waals surface area (Å²) in [5, 5.41) is 0. The van der Waals surface area contributed by atoms with E-state index in [1.807, 2.05) is 78.7 Å². The van der Waals surface area contributed by atoms with Gasteiger partial charge in [0.1, 0.15) is 0 Å². The molecule has 0 nitrogen and oxygen atoms in total. The molecule has 0 spiro atoms. The summed E-state index contributed by atoms with van der Waals surface area (Å²) in [5.41, 5.74) is 0. The molecule has 74 valence electrons. The molecule has 0 aliphatic carbocycles. The molecule has 0 aliphatic heterocycles. The standard InChI is InChI=1S/C6H2S8/c1-3-4(8-11-7-3)2-6-5(1)9-12-14-13-10-6/h1-2H. The zero-order valence-corrected chi connectivity index (χ0v) is 13.0. The molecule has 3 aromatic rings. The van der Waals surface area contributed by atoms with Gasteiger partial charge in [0.25, 0.3) is 0 Å². The summed E-state index contributed by atoms with van der Waals surface area (Å²) in [4.78, 5) is 0. The van der Waals surface area contributed by atoms with Gasteiger partial charge in [0.2, 0.25) is 0 Å². The van der Waals surface area contributed by atoms with Crippen molar-refractivity contribution < 1.29 is 0 Å². The summed E-state index contributed by atoms with van der Waals surface area (Å²) in [6, 6.07) is 4.67. The molecule has 2 heterocycles. The van der Waals surface area contributed by atoms with E-state index in [0.717, 1.165) is 0 Å². The monoisotopic (exact) mass is 330 g/mol. The minimum Gasteiger partial charge on any atom is -0.0683 e. The lowest BCUT2D eigenvalue weighted by atomic mass is 10.4. The lowest BCUT2D eigenvalue weighted by Gasteiger charge is -1.89. The molecule has 0 fully saturated rings. The Hall–Kier alpha value is 0.980. The van der Waals surface area contributed by atoms with Gasteiger partial charge in [-0.3, -0.25) is 0 Å². The van der Waals surface area contributed by atoms with E-state index < -0.39 is 0 Å². The van der Waals surface area contributed by atoms with Crippen LogP contribution in [0.15, 0.2) is 12.1 Å². The minimum atomic E-state index is 1.42. The highest BCUT2D eigenvalue weighted by molar-refractivity contribution is 8.15. The molecule has 0 saturated heterocycles. The molecule has 0 unspecified atom stereocenters. The third kappa shape index (κ3) is 1.94. The molecule has 14 heavy (non-hydrogen) atoms. The molecule has 8 heteroatoms. The first-order valence-electron chi connectivity index (χ1n) is 3.47. The van der Waals surface area contributed by atoms with Gasteiger partial charge in [-0.2, -0.15) is 0 Å². The van der Waals surface area contributed by atoms with E-state index in [2.05, 4.69) is 12.1 Å². The molecule has 0 amide bonds. The Balaban J connectivity index is 2.55. The molecule has 1 aromatic carbocycles. The minimum absolute atomic E-state index is 1.42. The molecule has 3 rings (SSSR count). The van der Waals surface area contributed by atoms with Crippen molar-refractivity contribution in [1.29, 1.82) is 0 Å². The predicted octanol–water partition coefficient (Wildman–Crippen LogP) is 6.73. The van der Waals surface area contributed by atoms with E-state index in [1.165, 1.54) is 18.8 Å². The average molecular weight is 331 g/mol. The van der Waals surface area contributed by atoms with Crippen LogP contribution in [0.1, 0.15) is 0 Å². The van der Waals surface area contributed by atoms with E-state index >= 15 is 0 Å². The highest BCUT2D eigenvalue weighted by atomic mass is 33.5. The van der Waals surface area contributed by atoms with E-state index in [4.69, 9.17) is 0 Å². The maximum atomic E-state index is 2.33. The van der Waals surface area contributed by atoms with Gasteiger partial charge in [-0.25, -0.2) is 0 Å². The van der Waals surface area contributed by atoms with Gasteiger partial charge < -0.3 is 0 Å². The number of rotatable bonds is 0. The van der Waals surface area contributed by atoms with Crippen molar-refractivity contribution in [3.63, 3.8) is 0 Å². The smallest absolute Gasteiger partial charge is 0.0581 e. The largest absolute Gasteiger partial charge is 0.0683 e. The summed E-state index contributed by atoms with van der Waals surface area (Å²) in [6.07, 6.45) is 0. The molecule has 0 aliphatic rings. The molecule has 2 aromatic heterocycles. The van der Waals surface area contributed by atoms with Crippen LogP contribution in [-0.2, 0) is 0 Å². The lowest BCUT2D eigenvalue weighted by molar-refractivity contribution is 2.21. The number of hydrogen-bond donors (Lipinski definition) is 0. The Morgan fingerprint density at radius 2 is 0.929 bits per heavy atom. The van der Waals surface area contributed by atoms with Crippen LogP contribution in [0.3, 0.4) is 0 Å². The first kappa shape index (κ1) is 10.2. The molecule has 0 radical (unpaired) electrons. The van der Waals surface area contributed by atoms with Gasteiger partial charge >= 0.3 is 0 Å². The Morgan fingerprint density at radius 3 is 1.43 bits per heavy atom. The zero-order valence-electron chi connectivity index (χ0n) is 6.42. The second kappa shape index (κ2) is 4.46. The molecular weight excluding hydrogens is 329 g/mol. The Bertz CT molecular complexity index is 557. The van der Waals surface area contributed by atoms with Crippen LogP contribution < -0.4 is 0 Å². The van der Waals surface area contributed by atoms with Crippen molar-refractivity contribution in [3.8, 4) is 0 Å². The average Bonchev–Trinajstić information content (AvgIpc) is 2.51. The van der Waals surface area contributed by atoms with Gasteiger partial charge in [-0.05, 0) is 49.5 Å². The topological polar surface area (TPSA) is 0 Å². The highest BCUT2D eigenvalue weighted by Gasteiger charge is 2.00. The third-order valence-corrected chi connectivity index (χ3v) is 14.0. The van der Waals surface area contributed by atoms with E-state index in [9.17, 15) is 0 Å². The van der Waals surface area contributed by atoms with Crippen molar-refractivity contribution >= 4 is 97.5 Å². The van der Waals surface area contributed by atoms with Crippen molar-refractivity contribution in [1.82, 2.24) is 0 Å². The van der Waals surface area contributed by atoms with Crippen LogP contribution in [0.2, 0.25) is 0 Å². The van der Waals surface area contributed by atoms with Gasteiger partial charge in [-0.1, -0.05) is 41.4 Å². The van der Waals surface area contributed by atoms with Crippen LogP contribution in [-0.4, -0.2) is 0 Å². The Kier molecular flexibility index (Phi) is 3.24. The number of hydrogen-bond acceptors (Lipinski definition) is 8. The third-order valence-electron chi connectivity index (χ3n) is 1.56. The van der Waals surface area contributed by atoms with Crippen molar-refractivity contribution in [2.75, 3.05) is 0 Å². The second-order valence-corrected chi connectivity index (χ2v) is 13.9. The van der Waals surface area contributed by atoms with Crippen LogP contribution in [0, 0.1) is 0 Å². The van der Waals surface area contributed by atoms with Gasteiger partial charge in [0.15, 0.2) is 0 Å². The molecule has 0 bridgehead atoms. The Labute approximate surface area is 108 Å². The van der Waals surface area contributed by atoms with Gasteiger partial charge in [0, 0.05) is 0 Å². The first-order chi connectivity index (χ1) is 6.93. The van der Waals surface area contributed by atoms with E-state index in [0.29, 0.717) is 0 Å². The fourth-order valence-corrected chi connectivity index (χ4v) is 14.4. The van der Waals surface area contributed by atoms with E-state index in [1.54, 1.807) is 0 Å². The normalized spacial score (nSPS) is 10.9. The lowest BCUT2D eigenvalue weighted by Crippen LogP contribution is -1.60. The van der Waals surface area contributed by atoms with Crippen LogP contribution in [0.4, 0.5) is 0 Å². The number of fused-ring (bicyclic) bond motifs is 2. The van der Waals surface area contributed by atoms with Crippen LogP contribution in [0.5, 0.6) is 0 Å². The summed E-state index contributed by atoms with van der Waals surface area (Å²) in [7, 11) is 15.0.